The van der Waals surface area contributed by atoms with Crippen molar-refractivity contribution in [2.24, 2.45) is 0 Å². The van der Waals surface area contributed by atoms with E-state index in [4.69, 9.17) is 4.74 Å². The first-order valence-electron chi connectivity index (χ1n) is 7.79. The first-order valence-corrected chi connectivity index (χ1v) is 7.79. The highest BCUT2D eigenvalue weighted by Gasteiger charge is 2.40. The summed E-state index contributed by atoms with van der Waals surface area (Å²) in [5.41, 5.74) is 0.744. The number of aryl methyl sites for hydroxylation is 1. The molecule has 0 radical (unpaired) electrons. The number of halogens is 1. The largest absolute Gasteiger partial charge is 0.362 e. The molecule has 1 aliphatic rings. The van der Waals surface area contributed by atoms with Crippen molar-refractivity contribution in [3.8, 4) is 0 Å². The van der Waals surface area contributed by atoms with E-state index in [0.29, 0.717) is 28.7 Å². The summed E-state index contributed by atoms with van der Waals surface area (Å²) in [6, 6.07) is 4.37. The molecule has 1 fully saturated rings. The predicted molar refractivity (Wildman–Crippen MR) is 87.3 cm³/mol. The van der Waals surface area contributed by atoms with E-state index in [0.717, 1.165) is 0 Å². The van der Waals surface area contributed by atoms with Gasteiger partial charge >= 0.3 is 0 Å². The molecule has 2 amide bonds. The minimum Gasteiger partial charge on any atom is -0.362 e. The Morgan fingerprint density at radius 3 is 2.88 bits per heavy atom. The molecule has 1 atom stereocenters. The molecule has 0 spiro atoms. The van der Waals surface area contributed by atoms with E-state index in [9.17, 15) is 14.0 Å². The molecule has 0 saturated carbocycles. The first kappa shape index (κ1) is 16.4. The lowest BCUT2D eigenvalue weighted by molar-refractivity contribution is -0.153. The average molecular weight is 333 g/mol. The molecule has 7 heteroatoms. The number of H-pyrrole nitrogens is 1. The molecule has 1 aromatic heterocycles. The fourth-order valence-corrected chi connectivity index (χ4v) is 3.12. The molecule has 1 aromatic carbocycles. The Labute approximate surface area is 139 Å². The number of carbonyl (C=O) groups excluding carboxylic acids is 2. The molecule has 2 N–H and O–H groups in total. The Bertz CT molecular complexity index is 817. The van der Waals surface area contributed by atoms with Gasteiger partial charge in [0.2, 0.25) is 0 Å². The zero-order chi connectivity index (χ0) is 17.5. The number of benzene rings is 1. The smallest absolute Gasteiger partial charge is 0.270 e. The van der Waals surface area contributed by atoms with Crippen LogP contribution in [0.4, 0.5) is 4.39 Å². The molecular formula is C17H20FN3O3. The number of amides is 2. The van der Waals surface area contributed by atoms with Crippen LogP contribution in [0.5, 0.6) is 0 Å². The summed E-state index contributed by atoms with van der Waals surface area (Å²) in [5.74, 6) is -0.833. The Kier molecular flexibility index (Phi) is 4.04. The number of ether oxygens (including phenoxy) is 1. The Balaban J connectivity index is 1.92. The van der Waals surface area contributed by atoms with Crippen LogP contribution < -0.4 is 5.32 Å². The van der Waals surface area contributed by atoms with E-state index in [1.54, 1.807) is 24.8 Å². The Morgan fingerprint density at radius 2 is 2.17 bits per heavy atom. The number of rotatable bonds is 2. The van der Waals surface area contributed by atoms with Crippen LogP contribution in [0, 0.1) is 12.7 Å². The van der Waals surface area contributed by atoms with Gasteiger partial charge in [-0.1, -0.05) is 0 Å². The van der Waals surface area contributed by atoms with Crippen LogP contribution in [-0.2, 0) is 9.53 Å². The fraction of sp³-hybridized carbons (Fsp3) is 0.412. The van der Waals surface area contributed by atoms with Gasteiger partial charge in [-0.25, -0.2) is 4.39 Å². The van der Waals surface area contributed by atoms with Crippen molar-refractivity contribution in [3.63, 3.8) is 0 Å². The summed E-state index contributed by atoms with van der Waals surface area (Å²) in [4.78, 5) is 29.6. The highest BCUT2D eigenvalue weighted by molar-refractivity contribution is 6.01. The van der Waals surface area contributed by atoms with Gasteiger partial charge in [0, 0.05) is 24.5 Å². The predicted octanol–water partition coefficient (Wildman–Crippen LogP) is 1.59. The number of aromatic amines is 1. The first-order chi connectivity index (χ1) is 11.4. The Morgan fingerprint density at radius 1 is 1.42 bits per heavy atom. The SMILES string of the molecule is CNC(=O)[C@]1(C)CN(C(=O)c2[nH]c3ccc(F)cc3c2C)CCO1. The molecule has 24 heavy (non-hydrogen) atoms. The maximum absolute atomic E-state index is 13.4. The lowest BCUT2D eigenvalue weighted by Gasteiger charge is -2.38. The summed E-state index contributed by atoms with van der Waals surface area (Å²) >= 11 is 0. The standard InChI is InChI=1S/C17H20FN3O3/c1-10-12-8-11(18)4-5-13(12)20-14(10)15(22)21-6-7-24-17(2,9-21)16(23)19-3/h4-5,8,20H,6-7,9H2,1-3H3,(H,19,23)/t17-/m0/s1. The quantitative estimate of drug-likeness (QED) is 0.876. The minimum atomic E-state index is -1.07. The van der Waals surface area contributed by atoms with Gasteiger partial charge in [0.1, 0.15) is 11.5 Å². The molecule has 0 bridgehead atoms. The molecule has 0 unspecified atom stereocenters. The monoisotopic (exact) mass is 333 g/mol. The Hall–Kier alpha value is -2.41. The summed E-state index contributed by atoms with van der Waals surface area (Å²) in [7, 11) is 1.54. The van der Waals surface area contributed by atoms with Crippen LogP contribution in [0.25, 0.3) is 10.9 Å². The van der Waals surface area contributed by atoms with Crippen molar-refractivity contribution >= 4 is 22.7 Å². The van der Waals surface area contributed by atoms with Crippen LogP contribution in [0.3, 0.4) is 0 Å². The zero-order valence-corrected chi connectivity index (χ0v) is 13.9. The molecule has 1 saturated heterocycles. The number of nitrogens with one attached hydrogen (secondary N) is 2. The van der Waals surface area contributed by atoms with E-state index in [2.05, 4.69) is 10.3 Å². The van der Waals surface area contributed by atoms with Crippen molar-refractivity contribution in [2.45, 2.75) is 19.4 Å². The van der Waals surface area contributed by atoms with Crippen molar-refractivity contribution in [3.05, 3.63) is 35.3 Å². The summed E-state index contributed by atoms with van der Waals surface area (Å²) in [6.45, 7) is 4.29. The number of hydrogen-bond acceptors (Lipinski definition) is 3. The fourth-order valence-electron chi connectivity index (χ4n) is 3.12. The molecule has 2 aromatic rings. The highest BCUT2D eigenvalue weighted by atomic mass is 19.1. The third-order valence-corrected chi connectivity index (χ3v) is 4.50. The number of hydrogen-bond donors (Lipinski definition) is 2. The van der Waals surface area contributed by atoms with E-state index >= 15 is 0 Å². The van der Waals surface area contributed by atoms with E-state index in [-0.39, 0.29) is 30.8 Å². The van der Waals surface area contributed by atoms with Crippen molar-refractivity contribution in [1.29, 1.82) is 0 Å². The van der Waals surface area contributed by atoms with Gasteiger partial charge in [0.05, 0.1) is 13.2 Å². The van der Waals surface area contributed by atoms with Crippen molar-refractivity contribution < 1.29 is 18.7 Å². The van der Waals surface area contributed by atoms with E-state index in [1.807, 2.05) is 0 Å². The third kappa shape index (κ3) is 2.65. The second-order valence-electron chi connectivity index (χ2n) is 6.20. The lowest BCUT2D eigenvalue weighted by Crippen LogP contribution is -2.58. The van der Waals surface area contributed by atoms with Crippen LogP contribution >= 0.6 is 0 Å². The summed E-state index contributed by atoms with van der Waals surface area (Å²) in [6.07, 6.45) is 0. The van der Waals surface area contributed by atoms with Gasteiger partial charge < -0.3 is 19.9 Å². The van der Waals surface area contributed by atoms with Crippen molar-refractivity contribution in [1.82, 2.24) is 15.2 Å². The molecule has 1 aliphatic heterocycles. The van der Waals surface area contributed by atoms with Crippen LogP contribution in [0.1, 0.15) is 23.0 Å². The number of carbonyl (C=O) groups is 2. The molecule has 128 valence electrons. The molecule has 6 nitrogen and oxygen atoms in total. The minimum absolute atomic E-state index is 0.161. The molecule has 2 heterocycles. The summed E-state index contributed by atoms with van der Waals surface area (Å²) < 4.78 is 19.0. The summed E-state index contributed by atoms with van der Waals surface area (Å²) in [5, 5.41) is 3.24. The normalized spacial score (nSPS) is 21.1. The maximum Gasteiger partial charge on any atom is 0.270 e. The zero-order valence-electron chi connectivity index (χ0n) is 13.9. The number of aromatic nitrogens is 1. The average Bonchev–Trinajstić information content (AvgIpc) is 2.90. The van der Waals surface area contributed by atoms with Gasteiger partial charge in [-0.05, 0) is 37.6 Å². The van der Waals surface area contributed by atoms with E-state index < -0.39 is 5.60 Å². The number of likely N-dealkylation sites (N-methyl/N-ethyl adjacent to an activating group) is 1. The van der Waals surface area contributed by atoms with Gasteiger partial charge in [-0.3, -0.25) is 9.59 Å². The molecular weight excluding hydrogens is 313 g/mol. The molecule has 3 rings (SSSR count). The van der Waals surface area contributed by atoms with Gasteiger partial charge in [-0.15, -0.1) is 0 Å². The third-order valence-electron chi connectivity index (χ3n) is 4.50. The van der Waals surface area contributed by atoms with Gasteiger partial charge in [-0.2, -0.15) is 0 Å². The van der Waals surface area contributed by atoms with Crippen LogP contribution in [0.2, 0.25) is 0 Å². The number of morpholine rings is 1. The van der Waals surface area contributed by atoms with Gasteiger partial charge in [0.15, 0.2) is 5.60 Å². The highest BCUT2D eigenvalue weighted by Crippen LogP contribution is 2.25. The molecule has 0 aliphatic carbocycles. The van der Waals surface area contributed by atoms with Crippen LogP contribution in [0.15, 0.2) is 18.2 Å². The topological polar surface area (TPSA) is 74.4 Å². The second kappa shape index (κ2) is 5.90. The maximum atomic E-state index is 13.4. The van der Waals surface area contributed by atoms with Crippen LogP contribution in [-0.4, -0.2) is 54.0 Å². The van der Waals surface area contributed by atoms with Gasteiger partial charge in [0.25, 0.3) is 11.8 Å². The van der Waals surface area contributed by atoms with E-state index in [1.165, 1.54) is 19.2 Å². The lowest BCUT2D eigenvalue weighted by atomic mass is 10.0. The second-order valence-corrected chi connectivity index (χ2v) is 6.20. The number of nitrogens with zero attached hydrogens (tertiary/aromatic N) is 1. The van der Waals surface area contributed by atoms with Crippen molar-refractivity contribution in [2.75, 3.05) is 26.7 Å². The number of fused-ring (bicyclic) bond motifs is 1.